The van der Waals surface area contributed by atoms with Gasteiger partial charge in [0.2, 0.25) is 5.91 Å². The van der Waals surface area contributed by atoms with E-state index in [4.69, 9.17) is 10.5 Å². The first-order chi connectivity index (χ1) is 7.67. The van der Waals surface area contributed by atoms with Gasteiger partial charge in [0.05, 0.1) is 19.1 Å². The molecular formula is C11H20N2O2S. The molecule has 2 aliphatic rings. The highest BCUT2D eigenvalue weighted by atomic mass is 32.2. The van der Waals surface area contributed by atoms with Crippen molar-refractivity contribution in [3.05, 3.63) is 0 Å². The molecule has 1 aliphatic carbocycles. The number of hydrogen-bond acceptors (Lipinski definition) is 4. The second-order valence-corrected chi connectivity index (χ2v) is 6.04. The summed E-state index contributed by atoms with van der Waals surface area (Å²) in [6.45, 7) is 1.75. The van der Waals surface area contributed by atoms with Crippen LogP contribution in [0.4, 0.5) is 0 Å². The Morgan fingerprint density at radius 3 is 2.75 bits per heavy atom. The predicted molar refractivity (Wildman–Crippen MR) is 65.4 cm³/mol. The third-order valence-electron chi connectivity index (χ3n) is 3.74. The zero-order valence-corrected chi connectivity index (χ0v) is 10.5. The van der Waals surface area contributed by atoms with Gasteiger partial charge in [0.25, 0.3) is 0 Å². The SMILES string of the molecule is CSC1(CNC(=O)C2COCC2N)CCC1. The van der Waals surface area contributed by atoms with Crippen LogP contribution in [0, 0.1) is 5.92 Å². The van der Waals surface area contributed by atoms with E-state index in [0.717, 1.165) is 6.54 Å². The van der Waals surface area contributed by atoms with E-state index in [2.05, 4.69) is 11.6 Å². The standard InChI is InChI=1S/C11H20N2O2S/c1-16-11(3-2-4-11)7-13-10(14)8-5-15-6-9(8)12/h8-9H,2-7,12H2,1H3,(H,13,14). The molecule has 16 heavy (non-hydrogen) atoms. The molecule has 1 amide bonds. The van der Waals surface area contributed by atoms with E-state index in [0.29, 0.717) is 18.0 Å². The minimum Gasteiger partial charge on any atom is -0.379 e. The van der Waals surface area contributed by atoms with E-state index >= 15 is 0 Å². The van der Waals surface area contributed by atoms with Gasteiger partial charge in [-0.2, -0.15) is 11.8 Å². The van der Waals surface area contributed by atoms with Gasteiger partial charge in [-0.15, -0.1) is 0 Å². The van der Waals surface area contributed by atoms with Crippen LogP contribution in [0.2, 0.25) is 0 Å². The van der Waals surface area contributed by atoms with E-state index in [-0.39, 0.29) is 17.9 Å². The molecule has 0 spiro atoms. The van der Waals surface area contributed by atoms with E-state index in [1.807, 2.05) is 11.8 Å². The second kappa shape index (κ2) is 4.94. The maximum Gasteiger partial charge on any atom is 0.227 e. The van der Waals surface area contributed by atoms with Crippen LogP contribution in [0.5, 0.6) is 0 Å². The Labute approximate surface area is 101 Å². The van der Waals surface area contributed by atoms with Crippen LogP contribution < -0.4 is 11.1 Å². The molecule has 0 aromatic rings. The molecule has 1 saturated carbocycles. The highest BCUT2D eigenvalue weighted by Gasteiger charge is 2.38. The van der Waals surface area contributed by atoms with Gasteiger partial charge in [0.1, 0.15) is 0 Å². The largest absolute Gasteiger partial charge is 0.379 e. The first-order valence-electron chi connectivity index (χ1n) is 5.83. The average Bonchev–Trinajstić information content (AvgIpc) is 2.63. The van der Waals surface area contributed by atoms with Gasteiger partial charge in [0, 0.05) is 17.3 Å². The molecule has 3 N–H and O–H groups in total. The molecule has 5 heteroatoms. The fourth-order valence-electron chi connectivity index (χ4n) is 2.24. The van der Waals surface area contributed by atoms with Crippen molar-refractivity contribution < 1.29 is 9.53 Å². The number of ether oxygens (including phenoxy) is 1. The number of thioether (sulfide) groups is 1. The Balaban J connectivity index is 1.79. The lowest BCUT2D eigenvalue weighted by Crippen LogP contribution is -2.49. The summed E-state index contributed by atoms with van der Waals surface area (Å²) in [5.41, 5.74) is 5.81. The lowest BCUT2D eigenvalue weighted by molar-refractivity contribution is -0.125. The van der Waals surface area contributed by atoms with Crippen molar-refractivity contribution >= 4 is 17.7 Å². The van der Waals surface area contributed by atoms with Crippen LogP contribution in [-0.4, -0.2) is 42.7 Å². The third kappa shape index (κ3) is 2.36. The third-order valence-corrected chi connectivity index (χ3v) is 5.16. The fourth-order valence-corrected chi connectivity index (χ4v) is 3.16. The first kappa shape index (κ1) is 12.2. The number of carbonyl (C=O) groups is 1. The van der Waals surface area contributed by atoms with E-state index in [1.54, 1.807) is 0 Å². The molecule has 92 valence electrons. The molecule has 2 rings (SSSR count). The van der Waals surface area contributed by atoms with Gasteiger partial charge in [-0.1, -0.05) is 6.42 Å². The van der Waals surface area contributed by atoms with Crippen LogP contribution in [0.1, 0.15) is 19.3 Å². The van der Waals surface area contributed by atoms with Gasteiger partial charge in [-0.3, -0.25) is 4.79 Å². The van der Waals surface area contributed by atoms with Crippen molar-refractivity contribution in [3.63, 3.8) is 0 Å². The summed E-state index contributed by atoms with van der Waals surface area (Å²) in [5, 5.41) is 3.03. The number of carbonyl (C=O) groups excluding carboxylic acids is 1. The fraction of sp³-hybridized carbons (Fsp3) is 0.909. The number of hydrogen-bond donors (Lipinski definition) is 2. The number of amides is 1. The summed E-state index contributed by atoms with van der Waals surface area (Å²) in [5.74, 6) is -0.0932. The molecule has 2 atom stereocenters. The van der Waals surface area contributed by atoms with E-state index in [1.165, 1.54) is 19.3 Å². The number of nitrogens with two attached hydrogens (primary N) is 1. The molecule has 0 aromatic heterocycles. The molecule has 2 unspecified atom stereocenters. The highest BCUT2D eigenvalue weighted by Crippen LogP contribution is 2.42. The Hall–Kier alpha value is -0.260. The molecule has 4 nitrogen and oxygen atoms in total. The van der Waals surface area contributed by atoms with Crippen LogP contribution in [-0.2, 0) is 9.53 Å². The van der Waals surface area contributed by atoms with Crippen LogP contribution >= 0.6 is 11.8 Å². The van der Waals surface area contributed by atoms with Crippen LogP contribution in [0.15, 0.2) is 0 Å². The predicted octanol–water partition coefficient (Wildman–Crippen LogP) is 0.362. The Kier molecular flexibility index (Phi) is 3.77. The maximum absolute atomic E-state index is 11.9. The molecular weight excluding hydrogens is 224 g/mol. The molecule has 1 saturated heterocycles. The topological polar surface area (TPSA) is 64.3 Å². The van der Waals surface area contributed by atoms with Gasteiger partial charge in [-0.25, -0.2) is 0 Å². The summed E-state index contributed by atoms with van der Waals surface area (Å²) in [6, 6.07) is -0.133. The molecule has 0 radical (unpaired) electrons. The van der Waals surface area contributed by atoms with E-state index in [9.17, 15) is 4.79 Å². The molecule has 1 aliphatic heterocycles. The molecule has 1 heterocycles. The highest BCUT2D eigenvalue weighted by molar-refractivity contribution is 8.00. The van der Waals surface area contributed by atoms with Gasteiger partial charge < -0.3 is 15.8 Å². The minimum absolute atomic E-state index is 0.0605. The maximum atomic E-state index is 11.9. The minimum atomic E-state index is -0.154. The number of nitrogens with one attached hydrogen (secondary N) is 1. The van der Waals surface area contributed by atoms with Crippen molar-refractivity contribution in [3.8, 4) is 0 Å². The molecule has 2 fully saturated rings. The molecule has 0 aromatic carbocycles. The van der Waals surface area contributed by atoms with Crippen LogP contribution in [0.25, 0.3) is 0 Å². The smallest absolute Gasteiger partial charge is 0.227 e. The Bertz CT molecular complexity index is 263. The van der Waals surface area contributed by atoms with E-state index < -0.39 is 0 Å². The van der Waals surface area contributed by atoms with Crippen molar-refractivity contribution in [1.29, 1.82) is 0 Å². The summed E-state index contributed by atoms with van der Waals surface area (Å²) < 4.78 is 5.49. The summed E-state index contributed by atoms with van der Waals surface area (Å²) in [4.78, 5) is 11.9. The quantitative estimate of drug-likeness (QED) is 0.749. The second-order valence-electron chi connectivity index (χ2n) is 4.77. The van der Waals surface area contributed by atoms with Crippen molar-refractivity contribution in [1.82, 2.24) is 5.32 Å². The summed E-state index contributed by atoms with van der Waals surface area (Å²) >= 11 is 1.87. The lowest BCUT2D eigenvalue weighted by atomic mass is 9.84. The average molecular weight is 244 g/mol. The normalized spacial score (nSPS) is 32.1. The van der Waals surface area contributed by atoms with Crippen molar-refractivity contribution in [2.24, 2.45) is 11.7 Å². The Morgan fingerprint density at radius 1 is 1.56 bits per heavy atom. The van der Waals surface area contributed by atoms with Gasteiger partial charge in [0.15, 0.2) is 0 Å². The zero-order valence-electron chi connectivity index (χ0n) is 9.70. The lowest BCUT2D eigenvalue weighted by Gasteiger charge is -2.40. The van der Waals surface area contributed by atoms with Gasteiger partial charge >= 0.3 is 0 Å². The number of rotatable bonds is 4. The summed E-state index contributed by atoms with van der Waals surface area (Å²) in [6.07, 6.45) is 5.82. The zero-order chi connectivity index (χ0) is 11.6. The summed E-state index contributed by atoms with van der Waals surface area (Å²) in [7, 11) is 0. The monoisotopic (exact) mass is 244 g/mol. The van der Waals surface area contributed by atoms with Crippen LogP contribution in [0.3, 0.4) is 0 Å². The molecule has 0 bridgehead atoms. The van der Waals surface area contributed by atoms with Crippen molar-refractivity contribution in [2.75, 3.05) is 26.0 Å². The first-order valence-corrected chi connectivity index (χ1v) is 7.05. The van der Waals surface area contributed by atoms with Crippen molar-refractivity contribution in [2.45, 2.75) is 30.1 Å². The van der Waals surface area contributed by atoms with Gasteiger partial charge in [-0.05, 0) is 19.1 Å². The Morgan fingerprint density at radius 2 is 2.31 bits per heavy atom.